The number of nitrogens with zero attached hydrogens (tertiary/aromatic N) is 2. The average molecular weight is 308 g/mol. The standard InChI is InChI=1S/C16H25N3O3/c1-2-19-14(20)11-13(16(19)22)17-9-5-12(6-10-17)15(21)18-7-3-4-8-18/h12-13H,2-11H2,1H3/p+1/t13-/m1/s1. The second kappa shape index (κ2) is 6.36. The number of rotatable bonds is 3. The average Bonchev–Trinajstić information content (AvgIpc) is 3.15. The third-order valence-electron chi connectivity index (χ3n) is 5.45. The van der Waals surface area contributed by atoms with E-state index in [0.29, 0.717) is 18.9 Å². The molecule has 1 N–H and O–H groups in total. The highest BCUT2D eigenvalue weighted by Gasteiger charge is 2.45. The molecule has 0 saturated carbocycles. The molecule has 6 nitrogen and oxygen atoms in total. The Morgan fingerprint density at radius 2 is 1.82 bits per heavy atom. The van der Waals surface area contributed by atoms with Gasteiger partial charge in [0.2, 0.25) is 11.8 Å². The summed E-state index contributed by atoms with van der Waals surface area (Å²) in [5.74, 6) is 0.365. The highest BCUT2D eigenvalue weighted by molar-refractivity contribution is 6.04. The predicted molar refractivity (Wildman–Crippen MR) is 80.0 cm³/mol. The van der Waals surface area contributed by atoms with Crippen LogP contribution in [0.25, 0.3) is 0 Å². The summed E-state index contributed by atoms with van der Waals surface area (Å²) in [5, 5.41) is 0. The number of hydrogen-bond acceptors (Lipinski definition) is 3. The van der Waals surface area contributed by atoms with Gasteiger partial charge in [0.05, 0.1) is 19.5 Å². The van der Waals surface area contributed by atoms with Crippen molar-refractivity contribution in [2.45, 2.75) is 45.1 Å². The Hall–Kier alpha value is -1.43. The molecule has 0 radical (unpaired) electrons. The third-order valence-corrected chi connectivity index (χ3v) is 5.45. The SMILES string of the molecule is CCN1C(=O)C[C@@H]([NH+]2CCC(C(=O)N3CCCC3)CC2)C1=O. The molecule has 3 amide bonds. The van der Waals surface area contributed by atoms with E-state index in [1.165, 1.54) is 9.80 Å². The fourth-order valence-corrected chi connectivity index (χ4v) is 4.11. The molecule has 3 aliphatic heterocycles. The maximum atomic E-state index is 12.4. The molecule has 22 heavy (non-hydrogen) atoms. The number of nitrogens with one attached hydrogen (secondary N) is 1. The molecule has 0 unspecified atom stereocenters. The molecule has 3 saturated heterocycles. The lowest BCUT2D eigenvalue weighted by Gasteiger charge is -2.33. The first-order valence-corrected chi connectivity index (χ1v) is 8.59. The maximum Gasteiger partial charge on any atom is 0.287 e. The summed E-state index contributed by atoms with van der Waals surface area (Å²) in [6.07, 6.45) is 4.28. The smallest absolute Gasteiger partial charge is 0.287 e. The molecule has 0 aliphatic carbocycles. The zero-order valence-corrected chi connectivity index (χ0v) is 13.3. The lowest BCUT2D eigenvalue weighted by molar-refractivity contribution is -0.920. The molecule has 3 aliphatic rings. The minimum Gasteiger partial charge on any atom is -0.342 e. The Morgan fingerprint density at radius 3 is 2.36 bits per heavy atom. The monoisotopic (exact) mass is 308 g/mol. The number of likely N-dealkylation sites (N-methyl/N-ethyl adjacent to an activating group) is 1. The van der Waals surface area contributed by atoms with E-state index >= 15 is 0 Å². The van der Waals surface area contributed by atoms with Crippen molar-refractivity contribution in [2.75, 3.05) is 32.7 Å². The van der Waals surface area contributed by atoms with Gasteiger partial charge in [-0.15, -0.1) is 0 Å². The van der Waals surface area contributed by atoms with Crippen LogP contribution in [0.15, 0.2) is 0 Å². The molecular formula is C16H26N3O3+. The van der Waals surface area contributed by atoms with Crippen LogP contribution in [0, 0.1) is 5.92 Å². The fraction of sp³-hybridized carbons (Fsp3) is 0.812. The highest BCUT2D eigenvalue weighted by atomic mass is 16.2. The van der Waals surface area contributed by atoms with Crippen molar-refractivity contribution in [2.24, 2.45) is 5.92 Å². The van der Waals surface area contributed by atoms with Crippen LogP contribution in [0.3, 0.4) is 0 Å². The summed E-state index contributed by atoms with van der Waals surface area (Å²) in [5.41, 5.74) is 0. The van der Waals surface area contributed by atoms with Gasteiger partial charge < -0.3 is 9.80 Å². The number of likely N-dealkylation sites (tertiary alicyclic amines) is 3. The lowest BCUT2D eigenvalue weighted by atomic mass is 9.94. The van der Waals surface area contributed by atoms with Crippen LogP contribution >= 0.6 is 0 Å². The molecular weight excluding hydrogens is 282 g/mol. The molecule has 0 aromatic rings. The van der Waals surface area contributed by atoms with Crippen molar-refractivity contribution in [3.05, 3.63) is 0 Å². The van der Waals surface area contributed by atoms with Crippen LogP contribution in [-0.4, -0.2) is 66.3 Å². The van der Waals surface area contributed by atoms with E-state index in [-0.39, 0.29) is 23.8 Å². The summed E-state index contributed by atoms with van der Waals surface area (Å²) >= 11 is 0. The normalized spacial score (nSPS) is 32.9. The Bertz CT molecular complexity index is 465. The Balaban J connectivity index is 1.54. The molecule has 0 spiro atoms. The zero-order valence-electron chi connectivity index (χ0n) is 13.3. The van der Waals surface area contributed by atoms with Gasteiger partial charge in [-0.25, -0.2) is 0 Å². The van der Waals surface area contributed by atoms with Crippen LogP contribution in [0.1, 0.15) is 39.0 Å². The van der Waals surface area contributed by atoms with Gasteiger partial charge in [0.15, 0.2) is 6.04 Å². The van der Waals surface area contributed by atoms with Gasteiger partial charge in [-0.3, -0.25) is 19.3 Å². The predicted octanol–water partition coefficient (Wildman–Crippen LogP) is -0.949. The van der Waals surface area contributed by atoms with Gasteiger partial charge in [0.1, 0.15) is 0 Å². The molecule has 6 heteroatoms. The van der Waals surface area contributed by atoms with Gasteiger partial charge in [-0.05, 0) is 19.8 Å². The molecule has 3 rings (SSSR count). The van der Waals surface area contributed by atoms with Crippen molar-refractivity contribution in [1.29, 1.82) is 0 Å². The van der Waals surface area contributed by atoms with Crippen LogP contribution in [0.4, 0.5) is 0 Å². The molecule has 0 aromatic heterocycles. The molecule has 1 atom stereocenters. The first-order chi connectivity index (χ1) is 10.6. The second-order valence-electron chi connectivity index (χ2n) is 6.70. The number of piperidine rings is 1. The topological polar surface area (TPSA) is 62.1 Å². The minimum absolute atomic E-state index is 0.0215. The van der Waals surface area contributed by atoms with Crippen LogP contribution < -0.4 is 4.90 Å². The van der Waals surface area contributed by atoms with Gasteiger partial charge in [0, 0.05) is 38.4 Å². The van der Waals surface area contributed by atoms with Crippen molar-refractivity contribution >= 4 is 17.7 Å². The number of imide groups is 1. The number of carbonyl (C=O) groups excluding carboxylic acids is 3. The fourth-order valence-electron chi connectivity index (χ4n) is 4.11. The van der Waals surface area contributed by atoms with Crippen molar-refractivity contribution < 1.29 is 19.3 Å². The van der Waals surface area contributed by atoms with Crippen molar-refractivity contribution in [3.8, 4) is 0 Å². The molecule has 0 aromatic carbocycles. The lowest BCUT2D eigenvalue weighted by Crippen LogP contribution is -3.17. The second-order valence-corrected chi connectivity index (χ2v) is 6.70. The molecule has 3 heterocycles. The molecule has 122 valence electrons. The minimum atomic E-state index is -0.213. The van der Waals surface area contributed by atoms with Gasteiger partial charge in [-0.2, -0.15) is 0 Å². The Morgan fingerprint density at radius 1 is 1.18 bits per heavy atom. The van der Waals surface area contributed by atoms with E-state index < -0.39 is 0 Å². The molecule has 3 fully saturated rings. The van der Waals surface area contributed by atoms with Gasteiger partial charge in [0.25, 0.3) is 5.91 Å². The Labute approximate surface area is 131 Å². The first kappa shape index (κ1) is 15.5. The van der Waals surface area contributed by atoms with E-state index in [9.17, 15) is 14.4 Å². The Kier molecular flexibility index (Phi) is 4.47. The third kappa shape index (κ3) is 2.76. The first-order valence-electron chi connectivity index (χ1n) is 8.59. The van der Waals surface area contributed by atoms with Gasteiger partial charge >= 0.3 is 0 Å². The summed E-state index contributed by atoms with van der Waals surface area (Å²) in [6, 6.07) is -0.213. The van der Waals surface area contributed by atoms with E-state index in [1.54, 1.807) is 0 Å². The molecule has 0 bridgehead atoms. The van der Waals surface area contributed by atoms with Crippen molar-refractivity contribution in [1.82, 2.24) is 9.80 Å². The summed E-state index contributed by atoms with van der Waals surface area (Å²) in [6.45, 7) is 5.78. The summed E-state index contributed by atoms with van der Waals surface area (Å²) in [4.78, 5) is 41.1. The number of quaternary nitrogens is 1. The summed E-state index contributed by atoms with van der Waals surface area (Å²) < 4.78 is 0. The van der Waals surface area contributed by atoms with E-state index in [2.05, 4.69) is 0 Å². The quantitative estimate of drug-likeness (QED) is 0.684. The van der Waals surface area contributed by atoms with Crippen molar-refractivity contribution in [3.63, 3.8) is 0 Å². The summed E-state index contributed by atoms with van der Waals surface area (Å²) in [7, 11) is 0. The van der Waals surface area contributed by atoms with Crippen LogP contribution in [0.5, 0.6) is 0 Å². The van der Waals surface area contributed by atoms with E-state index in [1.807, 2.05) is 11.8 Å². The van der Waals surface area contributed by atoms with E-state index in [4.69, 9.17) is 0 Å². The number of hydrogen-bond donors (Lipinski definition) is 1. The highest BCUT2D eigenvalue weighted by Crippen LogP contribution is 2.19. The number of amides is 3. The maximum absolute atomic E-state index is 12.4. The van der Waals surface area contributed by atoms with Crippen LogP contribution in [-0.2, 0) is 14.4 Å². The van der Waals surface area contributed by atoms with Crippen LogP contribution in [0.2, 0.25) is 0 Å². The number of carbonyl (C=O) groups is 3. The van der Waals surface area contributed by atoms with E-state index in [0.717, 1.165) is 51.9 Å². The van der Waals surface area contributed by atoms with Gasteiger partial charge in [-0.1, -0.05) is 0 Å². The largest absolute Gasteiger partial charge is 0.342 e. The zero-order chi connectivity index (χ0) is 15.7.